The molecule has 29 heavy (non-hydrogen) atoms. The third kappa shape index (κ3) is 3.16. The fourth-order valence-corrected chi connectivity index (χ4v) is 5.61. The molecular weight excluding hydrogens is 392 g/mol. The first kappa shape index (κ1) is 18.8. The second kappa shape index (κ2) is 6.92. The smallest absolute Gasteiger partial charge is 0.261 e. The quantitative estimate of drug-likeness (QED) is 0.806. The number of hydrazone groups is 1. The van der Waals surface area contributed by atoms with E-state index in [-0.39, 0.29) is 17.4 Å². The van der Waals surface area contributed by atoms with Crippen molar-refractivity contribution in [2.24, 2.45) is 16.8 Å². The normalized spacial score (nSPS) is 26.7. The predicted octanol–water partition coefficient (Wildman–Crippen LogP) is 4.24. The summed E-state index contributed by atoms with van der Waals surface area (Å²) in [4.78, 5) is 12.6. The fraction of sp³-hybridized carbons (Fsp3) is 0.364. The Hall–Kier alpha value is -2.25. The standard InChI is InChI=1S/C22H21F2N3OS/c23-16-7-8-18(24)17(12-16)20-26-27(21(28)19(25)14-5-6-14)22(29-20)10-9-13-3-1-2-4-15(22)11-13/h1-4,7-8,12,14,19H,5-6,9-11,25H2. The highest BCUT2D eigenvalue weighted by Gasteiger charge is 2.53. The molecule has 2 saturated carbocycles. The van der Waals surface area contributed by atoms with Crippen molar-refractivity contribution in [2.75, 3.05) is 0 Å². The molecule has 1 aromatic rings. The summed E-state index contributed by atoms with van der Waals surface area (Å²) in [5.74, 6) is -1.16. The van der Waals surface area contributed by atoms with Gasteiger partial charge < -0.3 is 5.73 Å². The Morgan fingerprint density at radius 3 is 2.86 bits per heavy atom. The van der Waals surface area contributed by atoms with Crippen molar-refractivity contribution in [3.8, 4) is 0 Å². The number of benzene rings is 1. The highest BCUT2D eigenvalue weighted by molar-refractivity contribution is 8.16. The summed E-state index contributed by atoms with van der Waals surface area (Å²) in [6.45, 7) is 0. The summed E-state index contributed by atoms with van der Waals surface area (Å²) in [5, 5.41) is 6.33. The molecule has 150 valence electrons. The van der Waals surface area contributed by atoms with Crippen LogP contribution in [0, 0.1) is 17.6 Å². The molecule has 5 rings (SSSR count). The molecule has 1 spiro atoms. The summed E-state index contributed by atoms with van der Waals surface area (Å²) in [5.41, 5.74) is 8.65. The largest absolute Gasteiger partial charge is 0.320 e. The number of amides is 1. The van der Waals surface area contributed by atoms with E-state index < -0.39 is 22.5 Å². The van der Waals surface area contributed by atoms with E-state index in [0.29, 0.717) is 11.5 Å². The van der Waals surface area contributed by atoms with Crippen LogP contribution in [-0.2, 0) is 4.79 Å². The molecular formula is C22H21F2N3OS. The molecule has 0 saturated heterocycles. The molecule has 7 heteroatoms. The summed E-state index contributed by atoms with van der Waals surface area (Å²) in [7, 11) is 0. The van der Waals surface area contributed by atoms with Crippen LogP contribution >= 0.6 is 11.8 Å². The van der Waals surface area contributed by atoms with Crippen molar-refractivity contribution in [3.05, 3.63) is 70.8 Å². The van der Waals surface area contributed by atoms with E-state index >= 15 is 0 Å². The number of hydrogen-bond acceptors (Lipinski definition) is 4. The van der Waals surface area contributed by atoms with Crippen molar-refractivity contribution in [2.45, 2.75) is 43.0 Å². The van der Waals surface area contributed by atoms with Crippen LogP contribution in [0.4, 0.5) is 8.78 Å². The van der Waals surface area contributed by atoms with E-state index in [1.54, 1.807) is 0 Å². The highest BCUT2D eigenvalue weighted by Crippen LogP contribution is 2.54. The Morgan fingerprint density at radius 1 is 1.28 bits per heavy atom. The van der Waals surface area contributed by atoms with Crippen molar-refractivity contribution in [1.29, 1.82) is 0 Å². The van der Waals surface area contributed by atoms with Crippen molar-refractivity contribution in [3.63, 3.8) is 0 Å². The van der Waals surface area contributed by atoms with E-state index in [1.807, 2.05) is 18.2 Å². The zero-order valence-electron chi connectivity index (χ0n) is 15.8. The van der Waals surface area contributed by atoms with Crippen LogP contribution in [-0.4, -0.2) is 26.9 Å². The molecule has 1 aromatic carbocycles. The highest BCUT2D eigenvalue weighted by atomic mass is 32.2. The Morgan fingerprint density at radius 2 is 2.07 bits per heavy atom. The number of carbonyl (C=O) groups excluding carboxylic acids is 1. The monoisotopic (exact) mass is 413 g/mol. The number of carbonyl (C=O) groups is 1. The molecule has 2 fully saturated rings. The van der Waals surface area contributed by atoms with Crippen LogP contribution in [0.15, 0.2) is 58.8 Å². The number of hydrogen-bond donors (Lipinski definition) is 1. The minimum atomic E-state index is -0.746. The van der Waals surface area contributed by atoms with Gasteiger partial charge in [-0.2, -0.15) is 5.10 Å². The second-order valence-corrected chi connectivity index (χ2v) is 9.27. The molecule has 2 unspecified atom stereocenters. The predicted molar refractivity (Wildman–Crippen MR) is 110 cm³/mol. The lowest BCUT2D eigenvalue weighted by molar-refractivity contribution is -0.135. The van der Waals surface area contributed by atoms with E-state index in [9.17, 15) is 13.6 Å². The maximum absolute atomic E-state index is 14.5. The van der Waals surface area contributed by atoms with Crippen LogP contribution in [0.25, 0.3) is 0 Å². The van der Waals surface area contributed by atoms with Gasteiger partial charge in [-0.1, -0.05) is 41.6 Å². The van der Waals surface area contributed by atoms with Crippen LogP contribution < -0.4 is 5.73 Å². The van der Waals surface area contributed by atoms with Gasteiger partial charge in [0.15, 0.2) is 0 Å². The Bertz CT molecular complexity index is 1010. The zero-order valence-corrected chi connectivity index (χ0v) is 16.6. The van der Waals surface area contributed by atoms with Gasteiger partial charge in [-0.25, -0.2) is 13.8 Å². The molecule has 3 aliphatic carbocycles. The Labute approximate surface area is 172 Å². The lowest BCUT2D eigenvalue weighted by Gasteiger charge is -2.41. The third-order valence-electron chi connectivity index (χ3n) is 6.03. The number of thioether (sulfide) groups is 1. The molecule has 0 aromatic heterocycles. The number of fused-ring (bicyclic) bond motifs is 3. The summed E-state index contributed by atoms with van der Waals surface area (Å²) < 4.78 is 28.3. The molecule has 2 N–H and O–H groups in total. The molecule has 4 aliphatic rings. The van der Waals surface area contributed by atoms with Crippen molar-refractivity contribution in [1.82, 2.24) is 5.01 Å². The number of halogens is 2. The van der Waals surface area contributed by atoms with Gasteiger partial charge in [0.2, 0.25) is 0 Å². The summed E-state index contributed by atoms with van der Waals surface area (Å²) in [6, 6.07) is 2.69. The lowest BCUT2D eigenvalue weighted by atomic mass is 9.85. The van der Waals surface area contributed by atoms with E-state index in [4.69, 9.17) is 5.73 Å². The summed E-state index contributed by atoms with van der Waals surface area (Å²) in [6.07, 6.45) is 12.2. The lowest BCUT2D eigenvalue weighted by Crippen LogP contribution is -2.52. The van der Waals surface area contributed by atoms with Gasteiger partial charge in [-0.3, -0.25) is 4.79 Å². The molecule has 0 radical (unpaired) electrons. The third-order valence-corrected chi connectivity index (χ3v) is 7.50. The molecule has 2 atom stereocenters. The van der Waals surface area contributed by atoms with Gasteiger partial charge in [0, 0.05) is 5.56 Å². The number of allylic oxidation sites excluding steroid dienone is 5. The first-order valence-corrected chi connectivity index (χ1v) is 10.7. The van der Waals surface area contributed by atoms with Crippen molar-refractivity contribution < 1.29 is 13.6 Å². The topological polar surface area (TPSA) is 58.7 Å². The van der Waals surface area contributed by atoms with Gasteiger partial charge in [0.25, 0.3) is 5.91 Å². The van der Waals surface area contributed by atoms with E-state index in [0.717, 1.165) is 49.5 Å². The Balaban J connectivity index is 1.59. The van der Waals surface area contributed by atoms with Crippen LogP contribution in [0.1, 0.15) is 37.7 Å². The fourth-order valence-electron chi connectivity index (χ4n) is 4.21. The summed E-state index contributed by atoms with van der Waals surface area (Å²) >= 11 is 1.34. The van der Waals surface area contributed by atoms with Gasteiger partial charge in [0.05, 0.1) is 6.04 Å². The minimum Gasteiger partial charge on any atom is -0.320 e. The molecule has 4 nitrogen and oxygen atoms in total. The maximum atomic E-state index is 14.5. The number of nitrogens with zero attached hydrogens (tertiary/aromatic N) is 2. The minimum absolute atomic E-state index is 0.0794. The molecule has 1 amide bonds. The van der Waals surface area contributed by atoms with Crippen molar-refractivity contribution >= 4 is 22.7 Å². The number of nitrogens with two attached hydrogens (primary N) is 1. The number of rotatable bonds is 3. The average Bonchev–Trinajstić information content (AvgIpc) is 3.52. The van der Waals surface area contributed by atoms with Gasteiger partial charge in [0.1, 0.15) is 21.5 Å². The maximum Gasteiger partial charge on any atom is 0.261 e. The van der Waals surface area contributed by atoms with Gasteiger partial charge >= 0.3 is 0 Å². The van der Waals surface area contributed by atoms with Crippen LogP contribution in [0.2, 0.25) is 0 Å². The van der Waals surface area contributed by atoms with E-state index in [1.165, 1.54) is 22.3 Å². The molecule has 1 aliphatic heterocycles. The van der Waals surface area contributed by atoms with Gasteiger partial charge in [-0.05, 0) is 61.8 Å². The van der Waals surface area contributed by atoms with Crippen LogP contribution in [0.5, 0.6) is 0 Å². The Kier molecular flexibility index (Phi) is 4.47. The SMILES string of the molecule is NC(C(=O)N1N=C(c2cc(F)ccc2F)SC12CCC1=CC=CC=C2C1)C1CC1. The second-order valence-electron chi connectivity index (χ2n) is 8.01. The zero-order chi connectivity index (χ0) is 20.2. The molecule has 2 bridgehead atoms. The first-order valence-electron chi connectivity index (χ1n) is 9.86. The van der Waals surface area contributed by atoms with E-state index in [2.05, 4.69) is 11.2 Å². The molecule has 1 heterocycles. The van der Waals surface area contributed by atoms with Crippen LogP contribution in [0.3, 0.4) is 0 Å². The first-order chi connectivity index (χ1) is 14.0. The van der Waals surface area contributed by atoms with Gasteiger partial charge in [-0.15, -0.1) is 0 Å². The average molecular weight is 413 g/mol.